The highest BCUT2D eigenvalue weighted by Crippen LogP contribution is 2.43. The molecule has 1 fully saturated rings. The Labute approximate surface area is 285 Å². The van der Waals surface area contributed by atoms with Crippen molar-refractivity contribution in [3.05, 3.63) is 46.4 Å². The van der Waals surface area contributed by atoms with Crippen LogP contribution in [-0.2, 0) is 4.79 Å². The van der Waals surface area contributed by atoms with Crippen LogP contribution in [0.25, 0.3) is 4.91 Å². The number of likely N-dealkylation sites (tertiary alicyclic amines) is 1. The first-order valence-corrected chi connectivity index (χ1v) is 18.2. The minimum absolute atomic E-state index is 0.250. The van der Waals surface area contributed by atoms with Crippen LogP contribution in [0, 0.1) is 11.3 Å². The molecular weight excluding hydrogens is 602 g/mol. The van der Waals surface area contributed by atoms with Crippen molar-refractivity contribution in [2.24, 2.45) is 11.3 Å². The third-order valence-corrected chi connectivity index (χ3v) is 10.1. The SMILES string of the molecule is C/C=C(\S/C(=C/CCC)c1cc(C(C)CC)ccc1OC(F)F)C(C)N1CCCC(C(C)(C)C)C1.CCCN(C)CCC.O=CO. The number of nitrogens with zero attached hydrogens (tertiary/aromatic N) is 2. The Kier molecular flexibility index (Phi) is 23.3. The molecule has 0 bridgehead atoms. The number of ether oxygens (including phenoxy) is 1. The van der Waals surface area contributed by atoms with E-state index >= 15 is 0 Å². The van der Waals surface area contributed by atoms with Gasteiger partial charge >= 0.3 is 6.61 Å². The number of rotatable bonds is 15. The van der Waals surface area contributed by atoms with Crippen molar-refractivity contribution in [1.29, 1.82) is 0 Å². The third-order valence-electron chi connectivity index (χ3n) is 8.64. The van der Waals surface area contributed by atoms with Crippen molar-refractivity contribution in [3.8, 4) is 5.75 Å². The summed E-state index contributed by atoms with van der Waals surface area (Å²) in [6.45, 7) is 23.9. The molecular formula is C38H66F2N2O3S. The van der Waals surface area contributed by atoms with Crippen LogP contribution in [0.2, 0.25) is 0 Å². The van der Waals surface area contributed by atoms with E-state index in [0.29, 0.717) is 17.3 Å². The Balaban J connectivity index is 0.00000158. The van der Waals surface area contributed by atoms with Gasteiger partial charge in [-0.3, -0.25) is 9.69 Å². The van der Waals surface area contributed by atoms with Crippen LogP contribution in [-0.4, -0.2) is 67.3 Å². The van der Waals surface area contributed by atoms with Crippen LogP contribution in [0.5, 0.6) is 5.75 Å². The summed E-state index contributed by atoms with van der Waals surface area (Å²) in [5.74, 6) is 1.29. The zero-order valence-electron chi connectivity index (χ0n) is 30.9. The number of unbranched alkanes of at least 4 members (excludes halogenated alkanes) is 1. The fourth-order valence-corrected chi connectivity index (χ4v) is 6.76. The topological polar surface area (TPSA) is 53.0 Å². The van der Waals surface area contributed by atoms with Gasteiger partial charge in [-0.1, -0.05) is 91.8 Å². The van der Waals surface area contributed by atoms with Gasteiger partial charge in [-0.15, -0.1) is 0 Å². The van der Waals surface area contributed by atoms with Crippen LogP contribution < -0.4 is 4.74 Å². The normalized spacial score (nSPS) is 17.5. The van der Waals surface area contributed by atoms with Gasteiger partial charge < -0.3 is 14.7 Å². The quantitative estimate of drug-likeness (QED) is 0.188. The van der Waals surface area contributed by atoms with Crippen molar-refractivity contribution in [3.63, 3.8) is 0 Å². The molecule has 0 aliphatic carbocycles. The molecule has 1 saturated heterocycles. The first-order chi connectivity index (χ1) is 21.7. The van der Waals surface area contributed by atoms with Crippen LogP contribution in [0.4, 0.5) is 8.78 Å². The van der Waals surface area contributed by atoms with E-state index in [0.717, 1.165) is 48.4 Å². The average Bonchev–Trinajstić information content (AvgIpc) is 3.01. The van der Waals surface area contributed by atoms with Crippen LogP contribution in [0.1, 0.15) is 131 Å². The second-order valence-corrected chi connectivity index (χ2v) is 14.5. The Morgan fingerprint density at radius 1 is 1.13 bits per heavy atom. The Hall–Kier alpha value is -1.90. The number of hydrogen-bond acceptors (Lipinski definition) is 5. The molecule has 1 aliphatic heterocycles. The second-order valence-electron chi connectivity index (χ2n) is 13.4. The summed E-state index contributed by atoms with van der Waals surface area (Å²) < 4.78 is 31.6. The summed E-state index contributed by atoms with van der Waals surface area (Å²) in [6.07, 6.45) is 12.3. The molecule has 3 unspecified atom stereocenters. The predicted octanol–water partition coefficient (Wildman–Crippen LogP) is 11.2. The summed E-state index contributed by atoms with van der Waals surface area (Å²) in [4.78, 5) is 15.6. The van der Waals surface area contributed by atoms with Gasteiger partial charge in [0.25, 0.3) is 6.47 Å². The van der Waals surface area contributed by atoms with Crippen molar-refractivity contribution in [1.82, 2.24) is 9.80 Å². The summed E-state index contributed by atoms with van der Waals surface area (Å²) in [5.41, 5.74) is 2.23. The van der Waals surface area contributed by atoms with Crippen molar-refractivity contribution in [2.45, 2.75) is 133 Å². The van der Waals surface area contributed by atoms with Gasteiger partial charge in [-0.25, -0.2) is 0 Å². The monoisotopic (exact) mass is 668 g/mol. The number of carboxylic acid groups (broad SMARTS) is 1. The second kappa shape index (κ2) is 24.3. The molecule has 0 saturated carbocycles. The van der Waals surface area contributed by atoms with E-state index in [-0.39, 0.29) is 18.3 Å². The Bertz CT molecular complexity index is 1020. The minimum Gasteiger partial charge on any atom is -0.483 e. The van der Waals surface area contributed by atoms with Gasteiger partial charge in [0.15, 0.2) is 0 Å². The minimum atomic E-state index is -2.84. The van der Waals surface area contributed by atoms with Gasteiger partial charge in [-0.05, 0) is 114 Å². The molecule has 266 valence electrons. The fraction of sp³-hybridized carbons (Fsp3) is 0.711. The molecule has 8 heteroatoms. The number of alkyl halides is 2. The maximum Gasteiger partial charge on any atom is 0.387 e. The lowest BCUT2D eigenvalue weighted by molar-refractivity contribution is -0.122. The third kappa shape index (κ3) is 16.8. The Morgan fingerprint density at radius 2 is 1.74 bits per heavy atom. The van der Waals surface area contributed by atoms with E-state index in [1.807, 2.05) is 6.07 Å². The van der Waals surface area contributed by atoms with Crippen molar-refractivity contribution < 1.29 is 23.4 Å². The molecule has 46 heavy (non-hydrogen) atoms. The number of benzene rings is 1. The van der Waals surface area contributed by atoms with Gasteiger partial charge in [0.2, 0.25) is 0 Å². The zero-order chi connectivity index (χ0) is 35.3. The van der Waals surface area contributed by atoms with Gasteiger partial charge in [0, 0.05) is 28.0 Å². The lowest BCUT2D eigenvalue weighted by atomic mass is 9.76. The fourth-order valence-electron chi connectivity index (χ4n) is 5.60. The zero-order valence-corrected chi connectivity index (χ0v) is 31.7. The lowest BCUT2D eigenvalue weighted by Gasteiger charge is -2.42. The van der Waals surface area contributed by atoms with E-state index in [4.69, 9.17) is 14.6 Å². The molecule has 2 rings (SSSR count). The highest BCUT2D eigenvalue weighted by molar-refractivity contribution is 8.11. The van der Waals surface area contributed by atoms with E-state index in [2.05, 4.69) is 104 Å². The van der Waals surface area contributed by atoms with Crippen molar-refractivity contribution >= 4 is 23.1 Å². The number of halogens is 2. The maximum atomic E-state index is 13.3. The van der Waals surface area contributed by atoms with Crippen molar-refractivity contribution in [2.75, 3.05) is 33.2 Å². The summed E-state index contributed by atoms with van der Waals surface area (Å²) in [5, 5.41) is 6.89. The summed E-state index contributed by atoms with van der Waals surface area (Å²) >= 11 is 1.72. The number of carbonyl (C=O) groups is 1. The summed E-state index contributed by atoms with van der Waals surface area (Å²) in [7, 11) is 2.17. The molecule has 0 radical (unpaired) electrons. The summed E-state index contributed by atoms with van der Waals surface area (Å²) in [6, 6.07) is 5.99. The molecule has 1 aliphatic rings. The van der Waals surface area contributed by atoms with Crippen LogP contribution in [0.15, 0.2) is 35.3 Å². The van der Waals surface area contributed by atoms with Gasteiger partial charge in [0.1, 0.15) is 5.75 Å². The molecule has 5 nitrogen and oxygen atoms in total. The first kappa shape index (κ1) is 44.1. The number of piperidine rings is 1. The van der Waals surface area contributed by atoms with Crippen LogP contribution in [0.3, 0.4) is 0 Å². The smallest absolute Gasteiger partial charge is 0.387 e. The van der Waals surface area contributed by atoms with E-state index in [1.165, 1.54) is 43.7 Å². The van der Waals surface area contributed by atoms with Crippen LogP contribution >= 0.6 is 11.8 Å². The highest BCUT2D eigenvalue weighted by Gasteiger charge is 2.32. The number of hydrogen-bond donors (Lipinski definition) is 1. The molecule has 3 atom stereocenters. The van der Waals surface area contributed by atoms with E-state index in [9.17, 15) is 8.78 Å². The molecule has 1 aromatic carbocycles. The molecule has 1 heterocycles. The largest absolute Gasteiger partial charge is 0.483 e. The highest BCUT2D eigenvalue weighted by atomic mass is 32.2. The van der Waals surface area contributed by atoms with Gasteiger partial charge in [-0.2, -0.15) is 8.78 Å². The Morgan fingerprint density at radius 3 is 2.22 bits per heavy atom. The molecule has 1 N–H and O–H groups in total. The molecule has 1 aromatic rings. The first-order valence-electron chi connectivity index (χ1n) is 17.4. The molecule has 0 spiro atoms. The van der Waals surface area contributed by atoms with E-state index < -0.39 is 6.61 Å². The lowest BCUT2D eigenvalue weighted by Crippen LogP contribution is -2.45. The molecule has 0 aromatic heterocycles. The average molecular weight is 669 g/mol. The predicted molar refractivity (Wildman–Crippen MR) is 196 cm³/mol. The maximum absolute atomic E-state index is 13.3. The van der Waals surface area contributed by atoms with E-state index in [1.54, 1.807) is 17.8 Å². The number of thioether (sulfide) groups is 1. The standard InChI is InChI=1S/C30H47F2NOS.C7H17N.CH2O2/c1-9-12-15-28(25-19-23(21(4)10-2)16-17-26(25)34-29(31)32)35-27(11-3)22(5)33-18-13-14-24(20-33)30(6,7)8;1-4-6-8(3)7-5-2;2-1-3/h11,15-17,19,21-22,24,29H,9-10,12-14,18,20H2,1-8H3;4-7H2,1-3H3;1H,(H,2,3)/b27-11-,28-15+;;. The number of allylic oxidation sites excluding steroid dienone is 2. The molecule has 0 amide bonds. The van der Waals surface area contributed by atoms with Gasteiger partial charge in [0.05, 0.1) is 0 Å².